The van der Waals surface area contributed by atoms with Gasteiger partial charge in [0.15, 0.2) is 5.78 Å². The van der Waals surface area contributed by atoms with Gasteiger partial charge in [-0.3, -0.25) is 9.59 Å². The number of nitrogens with one attached hydrogen (secondary N) is 1. The summed E-state index contributed by atoms with van der Waals surface area (Å²) in [5.74, 6) is -0.265. The quantitative estimate of drug-likeness (QED) is 0.670. The monoisotopic (exact) mass is 183 g/mol. The van der Waals surface area contributed by atoms with E-state index in [0.717, 1.165) is 0 Å². The predicted octanol–water partition coefficient (Wildman–Crippen LogP) is 1.29. The molecule has 3 nitrogen and oxygen atoms in total. The molecule has 3 heteroatoms. The lowest BCUT2D eigenvalue weighted by atomic mass is 9.91. The molecule has 0 fully saturated rings. The van der Waals surface area contributed by atoms with Gasteiger partial charge in [0.2, 0.25) is 5.91 Å². The summed E-state index contributed by atoms with van der Waals surface area (Å²) in [6.07, 6.45) is 2.60. The van der Waals surface area contributed by atoms with Gasteiger partial charge in [0, 0.05) is 18.0 Å². The molecule has 0 spiro atoms. The standard InChI is InChI=1S/C10H17NO2/c1-5-11-9(13)7-6-8(12)10(2,3)4/h6-7H,5H2,1-4H3,(H,11,13)/b7-6-. The fraction of sp³-hybridized carbons (Fsp3) is 0.600. The molecule has 0 unspecified atom stereocenters. The van der Waals surface area contributed by atoms with E-state index in [4.69, 9.17) is 0 Å². The van der Waals surface area contributed by atoms with Crippen LogP contribution in [0.5, 0.6) is 0 Å². The Bertz CT molecular complexity index is 224. The van der Waals surface area contributed by atoms with Gasteiger partial charge in [0.25, 0.3) is 0 Å². The molecule has 0 aromatic heterocycles. The minimum absolute atomic E-state index is 0.0428. The Morgan fingerprint density at radius 3 is 2.15 bits per heavy atom. The van der Waals surface area contributed by atoms with Gasteiger partial charge in [-0.1, -0.05) is 20.8 Å². The minimum Gasteiger partial charge on any atom is -0.353 e. The van der Waals surface area contributed by atoms with Crippen LogP contribution in [0.3, 0.4) is 0 Å². The molecule has 0 saturated carbocycles. The van der Waals surface area contributed by atoms with Gasteiger partial charge in [0.05, 0.1) is 0 Å². The van der Waals surface area contributed by atoms with E-state index in [-0.39, 0.29) is 11.7 Å². The van der Waals surface area contributed by atoms with Gasteiger partial charge in [-0.15, -0.1) is 0 Å². The van der Waals surface area contributed by atoms with Crippen molar-refractivity contribution in [1.29, 1.82) is 0 Å². The van der Waals surface area contributed by atoms with Crippen LogP contribution in [-0.2, 0) is 9.59 Å². The van der Waals surface area contributed by atoms with Crippen molar-refractivity contribution >= 4 is 11.7 Å². The van der Waals surface area contributed by atoms with Crippen LogP contribution in [0.4, 0.5) is 0 Å². The van der Waals surface area contributed by atoms with E-state index in [0.29, 0.717) is 6.54 Å². The fourth-order valence-electron chi connectivity index (χ4n) is 0.635. The Balaban J connectivity index is 4.13. The molecular formula is C10H17NO2. The van der Waals surface area contributed by atoms with Crippen LogP contribution < -0.4 is 5.32 Å². The van der Waals surface area contributed by atoms with Crippen molar-refractivity contribution in [2.75, 3.05) is 6.54 Å². The second-order valence-corrected chi connectivity index (χ2v) is 3.84. The molecule has 1 amide bonds. The van der Waals surface area contributed by atoms with Crippen molar-refractivity contribution in [1.82, 2.24) is 5.32 Å². The minimum atomic E-state index is -0.414. The zero-order valence-electron chi connectivity index (χ0n) is 8.68. The number of carbonyl (C=O) groups is 2. The topological polar surface area (TPSA) is 46.2 Å². The second-order valence-electron chi connectivity index (χ2n) is 3.84. The molecule has 0 aliphatic rings. The average molecular weight is 183 g/mol. The number of allylic oxidation sites excluding steroid dienone is 1. The molecule has 0 bridgehead atoms. The SMILES string of the molecule is CCNC(=O)/C=C\C(=O)C(C)(C)C. The molecule has 13 heavy (non-hydrogen) atoms. The molecule has 0 aliphatic heterocycles. The first-order chi connectivity index (χ1) is 5.88. The van der Waals surface area contributed by atoms with Crippen LogP contribution in [-0.4, -0.2) is 18.2 Å². The largest absolute Gasteiger partial charge is 0.353 e. The Morgan fingerprint density at radius 2 is 1.77 bits per heavy atom. The number of likely N-dealkylation sites (N-methyl/N-ethyl adjacent to an activating group) is 1. The molecule has 0 radical (unpaired) electrons. The van der Waals surface area contributed by atoms with Crippen molar-refractivity contribution in [3.05, 3.63) is 12.2 Å². The summed E-state index contributed by atoms with van der Waals surface area (Å²) in [7, 11) is 0. The Hall–Kier alpha value is -1.12. The number of ketones is 1. The van der Waals surface area contributed by atoms with E-state index in [1.807, 2.05) is 27.7 Å². The number of rotatable bonds is 3. The highest BCUT2D eigenvalue weighted by Gasteiger charge is 2.18. The molecule has 0 aliphatic carbocycles. The number of amides is 1. The van der Waals surface area contributed by atoms with E-state index in [1.54, 1.807) is 0 Å². The lowest BCUT2D eigenvalue weighted by molar-refractivity contribution is -0.122. The van der Waals surface area contributed by atoms with Crippen molar-refractivity contribution in [2.24, 2.45) is 5.41 Å². The van der Waals surface area contributed by atoms with Crippen LogP contribution in [0.1, 0.15) is 27.7 Å². The highest BCUT2D eigenvalue weighted by Crippen LogP contribution is 2.14. The highest BCUT2D eigenvalue weighted by atomic mass is 16.1. The molecular weight excluding hydrogens is 166 g/mol. The first-order valence-electron chi connectivity index (χ1n) is 4.38. The lowest BCUT2D eigenvalue weighted by Crippen LogP contribution is -2.22. The van der Waals surface area contributed by atoms with E-state index in [1.165, 1.54) is 12.2 Å². The van der Waals surface area contributed by atoms with Crippen molar-refractivity contribution in [3.8, 4) is 0 Å². The maximum atomic E-state index is 11.3. The van der Waals surface area contributed by atoms with Gasteiger partial charge in [-0.25, -0.2) is 0 Å². The van der Waals surface area contributed by atoms with Gasteiger partial charge in [-0.2, -0.15) is 0 Å². The molecule has 0 aromatic carbocycles. The zero-order chi connectivity index (χ0) is 10.5. The van der Waals surface area contributed by atoms with Crippen molar-refractivity contribution in [2.45, 2.75) is 27.7 Å². The van der Waals surface area contributed by atoms with Crippen LogP contribution in [0.15, 0.2) is 12.2 Å². The van der Waals surface area contributed by atoms with Crippen molar-refractivity contribution < 1.29 is 9.59 Å². The second kappa shape index (κ2) is 4.80. The van der Waals surface area contributed by atoms with E-state index in [9.17, 15) is 9.59 Å². The highest BCUT2D eigenvalue weighted by molar-refractivity contribution is 5.99. The number of carbonyl (C=O) groups excluding carboxylic acids is 2. The van der Waals surface area contributed by atoms with Gasteiger partial charge < -0.3 is 5.32 Å². The van der Waals surface area contributed by atoms with E-state index >= 15 is 0 Å². The van der Waals surface area contributed by atoms with Gasteiger partial charge in [-0.05, 0) is 13.0 Å². The summed E-state index contributed by atoms with van der Waals surface area (Å²) < 4.78 is 0. The third kappa shape index (κ3) is 5.17. The maximum Gasteiger partial charge on any atom is 0.244 e. The molecule has 0 aromatic rings. The summed E-state index contributed by atoms with van der Waals surface area (Å²) >= 11 is 0. The molecule has 0 atom stereocenters. The van der Waals surface area contributed by atoms with E-state index < -0.39 is 5.41 Å². The summed E-state index contributed by atoms with van der Waals surface area (Å²) in [6.45, 7) is 7.86. The number of hydrogen-bond donors (Lipinski definition) is 1. The normalized spacial score (nSPS) is 11.7. The van der Waals surface area contributed by atoms with Gasteiger partial charge in [0.1, 0.15) is 0 Å². The Morgan fingerprint density at radius 1 is 1.23 bits per heavy atom. The first kappa shape index (κ1) is 11.9. The molecule has 0 heterocycles. The van der Waals surface area contributed by atoms with Crippen LogP contribution in [0, 0.1) is 5.41 Å². The third-order valence-electron chi connectivity index (χ3n) is 1.48. The number of hydrogen-bond acceptors (Lipinski definition) is 2. The van der Waals surface area contributed by atoms with E-state index in [2.05, 4.69) is 5.32 Å². The predicted molar refractivity (Wildman–Crippen MR) is 52.3 cm³/mol. The van der Waals surface area contributed by atoms with Crippen LogP contribution in [0.2, 0.25) is 0 Å². The van der Waals surface area contributed by atoms with Crippen LogP contribution >= 0.6 is 0 Å². The summed E-state index contributed by atoms with van der Waals surface area (Å²) in [4.78, 5) is 22.2. The molecule has 1 N–H and O–H groups in total. The third-order valence-corrected chi connectivity index (χ3v) is 1.48. The average Bonchev–Trinajstić information content (AvgIpc) is 1.99. The molecule has 74 valence electrons. The molecule has 0 rings (SSSR count). The lowest BCUT2D eigenvalue weighted by Gasteiger charge is -2.12. The summed E-state index contributed by atoms with van der Waals surface area (Å²) in [6, 6.07) is 0. The Labute approximate surface area is 79.2 Å². The summed E-state index contributed by atoms with van der Waals surface area (Å²) in [5, 5.41) is 2.57. The molecule has 0 saturated heterocycles. The van der Waals surface area contributed by atoms with Gasteiger partial charge >= 0.3 is 0 Å². The summed E-state index contributed by atoms with van der Waals surface area (Å²) in [5.41, 5.74) is -0.414. The van der Waals surface area contributed by atoms with Crippen LogP contribution in [0.25, 0.3) is 0 Å². The fourth-order valence-corrected chi connectivity index (χ4v) is 0.635. The smallest absolute Gasteiger partial charge is 0.244 e. The maximum absolute atomic E-state index is 11.3. The first-order valence-corrected chi connectivity index (χ1v) is 4.38. The Kier molecular flexibility index (Phi) is 4.38. The van der Waals surface area contributed by atoms with Crippen molar-refractivity contribution in [3.63, 3.8) is 0 Å². The zero-order valence-corrected chi connectivity index (χ0v) is 8.68.